The van der Waals surface area contributed by atoms with Gasteiger partial charge in [-0.05, 0) is 6.42 Å². The lowest BCUT2D eigenvalue weighted by Gasteiger charge is -2.12. The van der Waals surface area contributed by atoms with Gasteiger partial charge in [-0.3, -0.25) is 18.4 Å². The number of hydrogen-bond donors (Lipinski definition) is 0. The molecular formula is C11H19O5P. The highest BCUT2D eigenvalue weighted by Gasteiger charge is 2.23. The first-order valence-electron chi connectivity index (χ1n) is 5.41. The Morgan fingerprint density at radius 1 is 1.18 bits per heavy atom. The first kappa shape index (κ1) is 16.3. The molecule has 0 atom stereocenters. The summed E-state index contributed by atoms with van der Waals surface area (Å²) < 4.78 is 25.3. The van der Waals surface area contributed by atoms with Gasteiger partial charge in [0.05, 0.1) is 0 Å². The number of phosphoric ester groups is 1. The molecule has 17 heavy (non-hydrogen) atoms. The van der Waals surface area contributed by atoms with E-state index in [9.17, 15) is 9.36 Å². The SMILES string of the molecule is CCCC#CCCC(=O)COP(=O)(OC)OC. The molecule has 0 aromatic rings. The summed E-state index contributed by atoms with van der Waals surface area (Å²) in [5.41, 5.74) is 0. The highest BCUT2D eigenvalue weighted by molar-refractivity contribution is 7.48. The second kappa shape index (κ2) is 9.38. The summed E-state index contributed by atoms with van der Waals surface area (Å²) in [6.07, 6.45) is 2.62. The van der Waals surface area contributed by atoms with Crippen LogP contribution in [0.25, 0.3) is 0 Å². The largest absolute Gasteiger partial charge is 0.474 e. The van der Waals surface area contributed by atoms with Gasteiger partial charge in [-0.15, -0.1) is 11.8 Å². The van der Waals surface area contributed by atoms with Gasteiger partial charge in [-0.1, -0.05) is 6.92 Å². The van der Waals surface area contributed by atoms with Gasteiger partial charge in [0, 0.05) is 33.5 Å². The predicted molar refractivity (Wildman–Crippen MR) is 64.5 cm³/mol. The molecule has 0 N–H and O–H groups in total. The fraction of sp³-hybridized carbons (Fsp3) is 0.727. The molecule has 0 heterocycles. The molecule has 5 nitrogen and oxygen atoms in total. The molecule has 0 spiro atoms. The quantitative estimate of drug-likeness (QED) is 0.497. The van der Waals surface area contributed by atoms with Crippen molar-refractivity contribution in [3.05, 3.63) is 0 Å². The van der Waals surface area contributed by atoms with E-state index in [2.05, 4.69) is 20.9 Å². The smallest absolute Gasteiger partial charge is 0.297 e. The highest BCUT2D eigenvalue weighted by Crippen LogP contribution is 2.47. The number of ketones is 1. The summed E-state index contributed by atoms with van der Waals surface area (Å²) in [6, 6.07) is 0. The molecule has 0 aromatic heterocycles. The van der Waals surface area contributed by atoms with Crippen LogP contribution in [0, 0.1) is 11.8 Å². The zero-order chi connectivity index (χ0) is 13.1. The van der Waals surface area contributed by atoms with E-state index in [0.29, 0.717) is 6.42 Å². The van der Waals surface area contributed by atoms with Crippen LogP contribution in [0.1, 0.15) is 32.6 Å². The van der Waals surface area contributed by atoms with E-state index < -0.39 is 7.82 Å². The Kier molecular flexibility index (Phi) is 9.01. The molecule has 6 heteroatoms. The Labute approximate surface area is 102 Å². The number of phosphoric acid groups is 1. The van der Waals surface area contributed by atoms with Crippen molar-refractivity contribution in [1.29, 1.82) is 0 Å². The van der Waals surface area contributed by atoms with Crippen molar-refractivity contribution in [3.63, 3.8) is 0 Å². The summed E-state index contributed by atoms with van der Waals surface area (Å²) >= 11 is 0. The summed E-state index contributed by atoms with van der Waals surface area (Å²) in [7, 11) is -1.14. The molecule has 0 aromatic carbocycles. The lowest BCUT2D eigenvalue weighted by Crippen LogP contribution is -2.08. The summed E-state index contributed by atoms with van der Waals surface area (Å²) in [4.78, 5) is 11.3. The van der Waals surface area contributed by atoms with Gasteiger partial charge in [-0.2, -0.15) is 0 Å². The number of hydrogen-bond acceptors (Lipinski definition) is 5. The van der Waals surface area contributed by atoms with E-state index in [1.54, 1.807) is 0 Å². The van der Waals surface area contributed by atoms with Crippen LogP contribution in [0.4, 0.5) is 0 Å². The Morgan fingerprint density at radius 2 is 1.76 bits per heavy atom. The standard InChI is InChI=1S/C11H19O5P/c1-4-5-6-7-8-9-11(12)10-16-17(13,14-2)15-3/h4-5,8-10H2,1-3H3. The van der Waals surface area contributed by atoms with Gasteiger partial charge in [-0.25, -0.2) is 4.57 Å². The van der Waals surface area contributed by atoms with E-state index in [-0.39, 0.29) is 18.8 Å². The van der Waals surface area contributed by atoms with Crippen LogP contribution < -0.4 is 0 Å². The molecule has 0 amide bonds. The second-order valence-corrected chi connectivity index (χ2v) is 5.11. The Morgan fingerprint density at radius 3 is 2.29 bits per heavy atom. The van der Waals surface area contributed by atoms with Crippen molar-refractivity contribution in [2.24, 2.45) is 0 Å². The number of rotatable bonds is 8. The van der Waals surface area contributed by atoms with Crippen LogP contribution in [0.3, 0.4) is 0 Å². The Bertz CT molecular complexity index is 320. The van der Waals surface area contributed by atoms with Crippen LogP contribution in [-0.4, -0.2) is 26.6 Å². The Hall–Kier alpha value is -0.660. The number of Topliss-reactive ketones (excluding diaryl/α,β-unsaturated/α-hetero) is 1. The zero-order valence-electron chi connectivity index (χ0n) is 10.5. The van der Waals surface area contributed by atoms with Crippen LogP contribution in [-0.2, 0) is 22.9 Å². The molecule has 0 bridgehead atoms. The molecule has 98 valence electrons. The third-order valence-corrected chi connectivity index (χ3v) is 3.20. The van der Waals surface area contributed by atoms with Gasteiger partial charge in [0.1, 0.15) is 6.61 Å². The highest BCUT2D eigenvalue weighted by atomic mass is 31.2. The number of unbranched alkanes of at least 4 members (excludes halogenated alkanes) is 1. The fourth-order valence-corrected chi connectivity index (χ4v) is 1.57. The topological polar surface area (TPSA) is 61.8 Å². The minimum Gasteiger partial charge on any atom is -0.297 e. The molecule has 0 aliphatic heterocycles. The normalized spacial score (nSPS) is 10.8. The minimum absolute atomic E-state index is 0.176. The average molecular weight is 262 g/mol. The van der Waals surface area contributed by atoms with Crippen molar-refractivity contribution in [2.75, 3.05) is 20.8 Å². The molecule has 0 rings (SSSR count). The van der Waals surface area contributed by atoms with Crippen LogP contribution >= 0.6 is 7.82 Å². The third-order valence-electron chi connectivity index (χ3n) is 1.86. The monoisotopic (exact) mass is 262 g/mol. The van der Waals surface area contributed by atoms with Gasteiger partial charge in [0.25, 0.3) is 0 Å². The maximum absolute atomic E-state index is 11.4. The second-order valence-electron chi connectivity index (χ2n) is 3.23. The van der Waals surface area contributed by atoms with Crippen LogP contribution in [0.2, 0.25) is 0 Å². The first-order valence-corrected chi connectivity index (χ1v) is 6.87. The average Bonchev–Trinajstić information content (AvgIpc) is 2.35. The summed E-state index contributed by atoms with van der Waals surface area (Å²) in [5, 5.41) is 0. The molecule has 0 saturated carbocycles. The molecule has 0 unspecified atom stereocenters. The van der Waals surface area contributed by atoms with Crippen molar-refractivity contribution < 1.29 is 22.9 Å². The van der Waals surface area contributed by atoms with Crippen LogP contribution in [0.5, 0.6) is 0 Å². The molecule has 0 aliphatic carbocycles. The zero-order valence-corrected chi connectivity index (χ0v) is 11.4. The molecular weight excluding hydrogens is 243 g/mol. The lowest BCUT2D eigenvalue weighted by molar-refractivity contribution is -0.121. The maximum Gasteiger partial charge on any atom is 0.474 e. The van der Waals surface area contributed by atoms with Crippen molar-refractivity contribution in [1.82, 2.24) is 0 Å². The molecule has 0 saturated heterocycles. The van der Waals surface area contributed by atoms with E-state index in [0.717, 1.165) is 12.8 Å². The molecule has 0 aliphatic rings. The molecule has 0 fully saturated rings. The van der Waals surface area contributed by atoms with Gasteiger partial charge < -0.3 is 0 Å². The number of carbonyl (C=O) groups excluding carboxylic acids is 1. The van der Waals surface area contributed by atoms with Gasteiger partial charge in [0.2, 0.25) is 0 Å². The van der Waals surface area contributed by atoms with E-state index in [4.69, 9.17) is 4.52 Å². The predicted octanol–water partition coefficient (Wildman–Crippen LogP) is 2.56. The van der Waals surface area contributed by atoms with Gasteiger partial charge >= 0.3 is 7.82 Å². The van der Waals surface area contributed by atoms with E-state index in [1.165, 1.54) is 14.2 Å². The van der Waals surface area contributed by atoms with Crippen molar-refractivity contribution in [3.8, 4) is 11.8 Å². The van der Waals surface area contributed by atoms with Gasteiger partial charge in [0.15, 0.2) is 5.78 Å². The van der Waals surface area contributed by atoms with E-state index in [1.807, 2.05) is 6.92 Å². The van der Waals surface area contributed by atoms with Crippen molar-refractivity contribution in [2.45, 2.75) is 32.6 Å². The number of carbonyl (C=O) groups is 1. The maximum atomic E-state index is 11.4. The minimum atomic E-state index is -3.54. The van der Waals surface area contributed by atoms with E-state index >= 15 is 0 Å². The molecule has 0 radical (unpaired) electrons. The van der Waals surface area contributed by atoms with Crippen LogP contribution in [0.15, 0.2) is 0 Å². The first-order chi connectivity index (χ1) is 8.08. The fourth-order valence-electron chi connectivity index (χ4n) is 0.907. The summed E-state index contributed by atoms with van der Waals surface area (Å²) in [6.45, 7) is 1.76. The Balaban J connectivity index is 3.82. The lowest BCUT2D eigenvalue weighted by atomic mass is 10.2. The summed E-state index contributed by atoms with van der Waals surface area (Å²) in [5.74, 6) is 5.65. The third kappa shape index (κ3) is 8.12. The van der Waals surface area contributed by atoms with Crippen molar-refractivity contribution >= 4 is 13.6 Å².